The molecule has 0 amide bonds. The van der Waals surface area contributed by atoms with E-state index in [-0.39, 0.29) is 12.2 Å². The predicted octanol–water partition coefficient (Wildman–Crippen LogP) is 2.75. The van der Waals surface area contributed by atoms with Gasteiger partial charge in [0.15, 0.2) is 5.60 Å². The number of aliphatic hydroxyl groups is 2. The molecule has 2 unspecified atom stereocenters. The molecule has 2 aromatic carbocycles. The molecule has 0 radical (unpaired) electrons. The van der Waals surface area contributed by atoms with Crippen LogP contribution in [-0.4, -0.2) is 16.0 Å². The summed E-state index contributed by atoms with van der Waals surface area (Å²) in [6, 6.07) is 7.01. The van der Waals surface area contributed by atoms with Crippen molar-refractivity contribution in [1.29, 1.82) is 0 Å². The van der Waals surface area contributed by atoms with Gasteiger partial charge in [-0.1, -0.05) is 24.3 Å². The molecule has 0 heterocycles. The van der Waals surface area contributed by atoms with Gasteiger partial charge in [-0.3, -0.25) is 4.79 Å². The van der Waals surface area contributed by atoms with Crippen LogP contribution in [0, 0.1) is 27.7 Å². The number of fused-ring (bicyclic) bond motifs is 5. The van der Waals surface area contributed by atoms with Gasteiger partial charge in [0, 0.05) is 17.5 Å². The molecule has 2 aliphatic carbocycles. The zero-order valence-corrected chi connectivity index (χ0v) is 13.8. The summed E-state index contributed by atoms with van der Waals surface area (Å²) in [6.07, 6.45) is 0.273. The fourth-order valence-corrected chi connectivity index (χ4v) is 4.52. The summed E-state index contributed by atoms with van der Waals surface area (Å²) in [7, 11) is 0. The van der Waals surface area contributed by atoms with Crippen molar-refractivity contribution in [2.75, 3.05) is 0 Å². The Balaban J connectivity index is 2.13. The summed E-state index contributed by atoms with van der Waals surface area (Å²) in [4.78, 5) is 13.0. The maximum Gasteiger partial charge on any atom is 0.202 e. The molecule has 118 valence electrons. The highest BCUT2D eigenvalue weighted by molar-refractivity contribution is 6.10. The lowest BCUT2D eigenvalue weighted by Gasteiger charge is -2.32. The quantitative estimate of drug-likeness (QED) is 0.787. The zero-order chi connectivity index (χ0) is 16.7. The summed E-state index contributed by atoms with van der Waals surface area (Å²) in [5.41, 5.74) is 3.25. The largest absolute Gasteiger partial charge is 0.381 e. The molecular formula is C20H20O3. The lowest BCUT2D eigenvalue weighted by molar-refractivity contribution is -0.115. The molecule has 0 bridgehead atoms. The Morgan fingerprint density at radius 3 is 2.22 bits per heavy atom. The molecule has 2 aliphatic rings. The van der Waals surface area contributed by atoms with Crippen molar-refractivity contribution in [1.82, 2.24) is 0 Å². The Morgan fingerprint density at radius 1 is 0.913 bits per heavy atom. The van der Waals surface area contributed by atoms with Crippen molar-refractivity contribution in [2.24, 2.45) is 0 Å². The van der Waals surface area contributed by atoms with Crippen molar-refractivity contribution in [2.45, 2.75) is 45.3 Å². The molecule has 0 saturated heterocycles. The summed E-state index contributed by atoms with van der Waals surface area (Å²) in [5, 5.41) is 22.8. The number of hydrogen-bond acceptors (Lipinski definition) is 3. The first-order valence-electron chi connectivity index (χ1n) is 7.94. The number of rotatable bonds is 0. The van der Waals surface area contributed by atoms with E-state index in [1.165, 1.54) is 0 Å². The van der Waals surface area contributed by atoms with E-state index in [1.807, 2.05) is 20.8 Å². The van der Waals surface area contributed by atoms with Gasteiger partial charge < -0.3 is 10.2 Å². The van der Waals surface area contributed by atoms with Crippen molar-refractivity contribution >= 4 is 5.78 Å². The van der Waals surface area contributed by atoms with Gasteiger partial charge in [-0.2, -0.15) is 0 Å². The average molecular weight is 308 g/mol. The normalized spacial score (nSPS) is 27.8. The number of carbonyl (C=O) groups is 1. The molecule has 3 nitrogen and oxygen atoms in total. The molecule has 0 aliphatic heterocycles. The SMILES string of the molecule is Cc1c(C)c(C)c2c(c1C)CC1(O)c3ccccc3C(=O)C21O. The highest BCUT2D eigenvalue weighted by atomic mass is 16.4. The van der Waals surface area contributed by atoms with Gasteiger partial charge in [-0.15, -0.1) is 0 Å². The lowest BCUT2D eigenvalue weighted by atomic mass is 9.80. The monoisotopic (exact) mass is 308 g/mol. The summed E-state index contributed by atoms with van der Waals surface area (Å²) in [5.74, 6) is -0.389. The van der Waals surface area contributed by atoms with E-state index in [2.05, 4.69) is 6.92 Å². The van der Waals surface area contributed by atoms with E-state index in [1.54, 1.807) is 24.3 Å². The van der Waals surface area contributed by atoms with Crippen LogP contribution in [0.15, 0.2) is 24.3 Å². The first-order chi connectivity index (χ1) is 10.7. The number of ketones is 1. The smallest absolute Gasteiger partial charge is 0.202 e. The minimum atomic E-state index is -1.88. The minimum Gasteiger partial charge on any atom is -0.381 e. The molecule has 4 rings (SSSR count). The molecule has 23 heavy (non-hydrogen) atoms. The topological polar surface area (TPSA) is 57.5 Å². The van der Waals surface area contributed by atoms with Gasteiger partial charge >= 0.3 is 0 Å². The third-order valence-electron chi connectivity index (χ3n) is 6.16. The zero-order valence-electron chi connectivity index (χ0n) is 13.8. The molecular weight excluding hydrogens is 288 g/mol. The van der Waals surface area contributed by atoms with Gasteiger partial charge in [0.05, 0.1) is 0 Å². The van der Waals surface area contributed by atoms with Crippen LogP contribution in [-0.2, 0) is 17.6 Å². The van der Waals surface area contributed by atoms with Crippen molar-refractivity contribution in [3.8, 4) is 0 Å². The van der Waals surface area contributed by atoms with Crippen molar-refractivity contribution in [3.63, 3.8) is 0 Å². The average Bonchev–Trinajstić information content (AvgIpc) is 2.88. The summed E-state index contributed by atoms with van der Waals surface area (Å²) in [6.45, 7) is 7.99. The van der Waals surface area contributed by atoms with Crippen LogP contribution in [0.2, 0.25) is 0 Å². The second-order valence-electron chi connectivity index (χ2n) is 6.98. The molecule has 0 fully saturated rings. The van der Waals surface area contributed by atoms with Gasteiger partial charge in [0.25, 0.3) is 0 Å². The van der Waals surface area contributed by atoms with Crippen LogP contribution < -0.4 is 0 Å². The number of benzene rings is 2. The minimum absolute atomic E-state index is 0.273. The van der Waals surface area contributed by atoms with E-state index in [0.29, 0.717) is 16.7 Å². The Hall–Kier alpha value is -1.97. The fraction of sp³-hybridized carbons (Fsp3) is 0.350. The van der Waals surface area contributed by atoms with Gasteiger partial charge in [-0.25, -0.2) is 0 Å². The van der Waals surface area contributed by atoms with Crippen LogP contribution in [0.3, 0.4) is 0 Å². The van der Waals surface area contributed by atoms with E-state index < -0.39 is 11.2 Å². The highest BCUT2D eigenvalue weighted by Gasteiger charge is 2.68. The summed E-state index contributed by atoms with van der Waals surface area (Å²) < 4.78 is 0. The number of hydrogen-bond donors (Lipinski definition) is 2. The second-order valence-corrected chi connectivity index (χ2v) is 6.98. The molecule has 2 N–H and O–H groups in total. The highest BCUT2D eigenvalue weighted by Crippen LogP contribution is 2.59. The Kier molecular flexibility index (Phi) is 2.61. The number of carbonyl (C=O) groups excluding carboxylic acids is 1. The lowest BCUT2D eigenvalue weighted by Crippen LogP contribution is -2.46. The van der Waals surface area contributed by atoms with Crippen molar-refractivity contribution in [3.05, 3.63) is 68.8 Å². The molecule has 0 saturated carbocycles. The second kappa shape index (κ2) is 4.11. The van der Waals surface area contributed by atoms with Gasteiger partial charge in [-0.05, 0) is 61.1 Å². The van der Waals surface area contributed by atoms with Gasteiger partial charge in [0.1, 0.15) is 5.60 Å². The maximum atomic E-state index is 13.0. The molecule has 2 aromatic rings. The van der Waals surface area contributed by atoms with Crippen LogP contribution in [0.1, 0.15) is 49.3 Å². The van der Waals surface area contributed by atoms with E-state index in [9.17, 15) is 15.0 Å². The molecule has 3 heteroatoms. The van der Waals surface area contributed by atoms with Crippen LogP contribution in [0.4, 0.5) is 0 Å². The predicted molar refractivity (Wildman–Crippen MR) is 87.7 cm³/mol. The van der Waals surface area contributed by atoms with E-state index >= 15 is 0 Å². The summed E-state index contributed by atoms with van der Waals surface area (Å²) >= 11 is 0. The fourth-order valence-electron chi connectivity index (χ4n) is 4.52. The maximum absolute atomic E-state index is 13.0. The standard InChI is InChI=1S/C20H20O3/c1-10-11(2)13(4)17-15(12(10)3)9-19(22)16-8-6-5-7-14(16)18(21)20(17,19)23/h5-8,22-23H,9H2,1-4H3. The Bertz CT molecular complexity index is 896. The Morgan fingerprint density at radius 2 is 1.52 bits per heavy atom. The van der Waals surface area contributed by atoms with E-state index in [0.717, 1.165) is 27.8 Å². The van der Waals surface area contributed by atoms with Crippen LogP contribution in [0.25, 0.3) is 0 Å². The van der Waals surface area contributed by atoms with Crippen molar-refractivity contribution < 1.29 is 15.0 Å². The van der Waals surface area contributed by atoms with E-state index in [4.69, 9.17) is 0 Å². The third kappa shape index (κ3) is 1.37. The Labute approximate surface area is 135 Å². The first-order valence-corrected chi connectivity index (χ1v) is 7.94. The first kappa shape index (κ1) is 14.6. The molecule has 0 spiro atoms. The van der Waals surface area contributed by atoms with Crippen LogP contribution in [0.5, 0.6) is 0 Å². The van der Waals surface area contributed by atoms with Crippen LogP contribution >= 0.6 is 0 Å². The van der Waals surface area contributed by atoms with Gasteiger partial charge in [0.2, 0.25) is 5.78 Å². The number of Topliss-reactive ketones (excluding diaryl/α,β-unsaturated/α-hetero) is 1. The molecule has 0 aromatic heterocycles. The third-order valence-corrected chi connectivity index (χ3v) is 6.16. The molecule has 2 atom stereocenters.